The molecular weight excluding hydrogens is 389 g/mol. The van der Waals surface area contributed by atoms with Crippen molar-refractivity contribution >= 4 is 21.8 Å². The van der Waals surface area contributed by atoms with Gasteiger partial charge in [-0.05, 0) is 43.5 Å². The lowest BCUT2D eigenvalue weighted by molar-refractivity contribution is -0.139. The first-order chi connectivity index (χ1) is 13.4. The van der Waals surface area contributed by atoms with E-state index in [1.165, 1.54) is 23.5 Å². The van der Waals surface area contributed by atoms with E-state index in [1.807, 2.05) is 0 Å². The zero-order chi connectivity index (χ0) is 20.6. The first-order valence-electron chi connectivity index (χ1n) is 9.18. The van der Waals surface area contributed by atoms with Crippen molar-refractivity contribution in [3.8, 4) is 0 Å². The van der Waals surface area contributed by atoms with E-state index in [4.69, 9.17) is 4.74 Å². The number of nitrogens with one attached hydrogen (secondary N) is 2. The first kappa shape index (κ1) is 22.3. The molecule has 0 radical (unpaired) electrons. The first-order valence-corrected chi connectivity index (χ1v) is 10.6. The van der Waals surface area contributed by atoms with Gasteiger partial charge in [0.05, 0.1) is 11.5 Å². The van der Waals surface area contributed by atoms with Gasteiger partial charge in [0, 0.05) is 32.8 Å². The second-order valence-electron chi connectivity index (χ2n) is 6.51. The molecule has 2 amide bonds. The molecule has 0 bridgehead atoms. The van der Waals surface area contributed by atoms with E-state index in [9.17, 15) is 22.4 Å². The fourth-order valence-corrected chi connectivity index (χ4v) is 4.82. The van der Waals surface area contributed by atoms with Crippen LogP contribution in [0.1, 0.15) is 25.7 Å². The van der Waals surface area contributed by atoms with Crippen molar-refractivity contribution < 1.29 is 27.1 Å². The van der Waals surface area contributed by atoms with Crippen LogP contribution in [0.2, 0.25) is 0 Å². The summed E-state index contributed by atoms with van der Waals surface area (Å²) in [5.74, 6) is -2.02. The van der Waals surface area contributed by atoms with Crippen LogP contribution in [0.15, 0.2) is 29.2 Å². The zero-order valence-corrected chi connectivity index (χ0v) is 16.6. The lowest BCUT2D eigenvalue weighted by Crippen LogP contribution is -2.46. The van der Waals surface area contributed by atoms with Gasteiger partial charge in [-0.25, -0.2) is 12.8 Å². The lowest BCUT2D eigenvalue weighted by Gasteiger charge is -2.34. The van der Waals surface area contributed by atoms with Crippen LogP contribution < -0.4 is 10.6 Å². The number of hydrogen-bond donors (Lipinski definition) is 2. The summed E-state index contributed by atoms with van der Waals surface area (Å²) in [5, 5.41) is 4.93. The molecule has 156 valence electrons. The fraction of sp³-hybridized carbons (Fsp3) is 0.556. The monoisotopic (exact) mass is 415 g/mol. The van der Waals surface area contributed by atoms with E-state index in [1.54, 1.807) is 0 Å². The largest absolute Gasteiger partial charge is 0.383 e. The molecule has 2 N–H and O–H groups in total. The molecule has 1 heterocycles. The highest BCUT2D eigenvalue weighted by molar-refractivity contribution is 7.89. The third-order valence-corrected chi connectivity index (χ3v) is 6.52. The number of piperidine rings is 1. The smallest absolute Gasteiger partial charge is 0.309 e. The Bertz CT molecular complexity index is 770. The Morgan fingerprint density at radius 2 is 1.79 bits per heavy atom. The number of halogens is 1. The van der Waals surface area contributed by atoms with Gasteiger partial charge in [0.15, 0.2) is 0 Å². The molecule has 2 rings (SSSR count). The minimum Gasteiger partial charge on any atom is -0.383 e. The molecule has 10 heteroatoms. The van der Waals surface area contributed by atoms with Crippen LogP contribution in [0, 0.1) is 5.82 Å². The van der Waals surface area contributed by atoms with Gasteiger partial charge in [-0.3, -0.25) is 9.59 Å². The summed E-state index contributed by atoms with van der Waals surface area (Å²) in [7, 11) is -2.26. The minimum absolute atomic E-state index is 0.0438. The van der Waals surface area contributed by atoms with Gasteiger partial charge < -0.3 is 15.4 Å². The van der Waals surface area contributed by atoms with Crippen molar-refractivity contribution in [3.05, 3.63) is 30.1 Å². The molecule has 1 fully saturated rings. The van der Waals surface area contributed by atoms with Crippen molar-refractivity contribution in [2.45, 2.75) is 36.6 Å². The fourth-order valence-electron chi connectivity index (χ4n) is 3.10. The second-order valence-corrected chi connectivity index (χ2v) is 8.40. The highest BCUT2D eigenvalue weighted by atomic mass is 32.2. The molecule has 1 aromatic rings. The van der Waals surface area contributed by atoms with Crippen molar-refractivity contribution in [1.82, 2.24) is 14.9 Å². The molecule has 0 unspecified atom stereocenters. The van der Waals surface area contributed by atoms with Crippen molar-refractivity contribution in [2.75, 3.05) is 33.4 Å². The molecule has 0 spiro atoms. The highest BCUT2D eigenvalue weighted by Gasteiger charge is 2.33. The van der Waals surface area contributed by atoms with Gasteiger partial charge in [0.2, 0.25) is 10.0 Å². The summed E-state index contributed by atoms with van der Waals surface area (Å²) >= 11 is 0. The molecule has 28 heavy (non-hydrogen) atoms. The topological polar surface area (TPSA) is 105 Å². The molecule has 1 atom stereocenters. The van der Waals surface area contributed by atoms with E-state index >= 15 is 0 Å². The number of amides is 2. The maximum Gasteiger partial charge on any atom is 0.309 e. The average Bonchev–Trinajstić information content (AvgIpc) is 2.68. The molecule has 1 saturated heterocycles. The molecular formula is C18H26FN3O5S. The van der Waals surface area contributed by atoms with Gasteiger partial charge in [0.25, 0.3) is 0 Å². The maximum atomic E-state index is 13.1. The van der Waals surface area contributed by atoms with Crippen molar-refractivity contribution in [1.29, 1.82) is 0 Å². The summed E-state index contributed by atoms with van der Waals surface area (Å²) in [6.07, 6.45) is 2.67. The molecule has 0 aliphatic carbocycles. The molecule has 0 aromatic heterocycles. The number of rotatable bonds is 8. The third-order valence-electron chi connectivity index (χ3n) is 4.55. The number of nitrogens with zero attached hydrogens (tertiary/aromatic N) is 1. The summed E-state index contributed by atoms with van der Waals surface area (Å²) < 4.78 is 45.1. The number of ether oxygens (including phenoxy) is 1. The number of hydrogen-bond acceptors (Lipinski definition) is 5. The van der Waals surface area contributed by atoms with Crippen LogP contribution in [0.4, 0.5) is 4.39 Å². The van der Waals surface area contributed by atoms with Gasteiger partial charge in [0.1, 0.15) is 5.82 Å². The van der Waals surface area contributed by atoms with E-state index in [2.05, 4.69) is 10.6 Å². The van der Waals surface area contributed by atoms with E-state index in [0.717, 1.165) is 25.0 Å². The Morgan fingerprint density at radius 3 is 2.43 bits per heavy atom. The van der Waals surface area contributed by atoms with Gasteiger partial charge >= 0.3 is 11.8 Å². The van der Waals surface area contributed by atoms with Crippen LogP contribution in [0.3, 0.4) is 0 Å². The SMILES string of the molecule is COCCNC(=O)C(=O)NCC[C@H]1CCCCN1S(=O)(=O)c1ccc(F)cc1. The lowest BCUT2D eigenvalue weighted by atomic mass is 10.0. The van der Waals surface area contributed by atoms with Crippen molar-refractivity contribution in [2.24, 2.45) is 0 Å². The Kier molecular flexibility index (Phi) is 8.34. The van der Waals surface area contributed by atoms with Crippen LogP contribution >= 0.6 is 0 Å². The summed E-state index contributed by atoms with van der Waals surface area (Å²) in [6.45, 7) is 1.08. The predicted molar refractivity (Wildman–Crippen MR) is 100 cm³/mol. The quantitative estimate of drug-likeness (QED) is 0.479. The maximum absolute atomic E-state index is 13.1. The number of carbonyl (C=O) groups is 2. The summed E-state index contributed by atoms with van der Waals surface area (Å²) in [5.41, 5.74) is 0. The number of benzene rings is 1. The molecule has 1 aromatic carbocycles. The van der Waals surface area contributed by atoms with E-state index < -0.39 is 27.7 Å². The Hall–Kier alpha value is -2.04. The van der Waals surface area contributed by atoms with Crippen LogP contribution in [-0.2, 0) is 24.3 Å². The van der Waals surface area contributed by atoms with E-state index in [0.29, 0.717) is 26.0 Å². The Labute approximate surface area is 164 Å². The van der Waals surface area contributed by atoms with Gasteiger partial charge in [-0.1, -0.05) is 6.42 Å². The average molecular weight is 415 g/mol. The molecule has 1 aliphatic heterocycles. The normalized spacial score (nSPS) is 17.9. The van der Waals surface area contributed by atoms with Crippen LogP contribution in [-0.4, -0.2) is 63.9 Å². The van der Waals surface area contributed by atoms with E-state index in [-0.39, 0.29) is 24.0 Å². The zero-order valence-electron chi connectivity index (χ0n) is 15.8. The van der Waals surface area contributed by atoms with Crippen molar-refractivity contribution in [3.63, 3.8) is 0 Å². The second kappa shape index (κ2) is 10.5. The standard InChI is InChI=1S/C18H26FN3O5S/c1-27-13-11-21-18(24)17(23)20-10-9-15-4-2-3-12-22(15)28(25,26)16-7-5-14(19)6-8-16/h5-8,15H,2-4,9-13H2,1H3,(H,20,23)(H,21,24)/t15-/m1/s1. The number of methoxy groups -OCH3 is 1. The highest BCUT2D eigenvalue weighted by Crippen LogP contribution is 2.27. The van der Waals surface area contributed by atoms with Crippen LogP contribution in [0.5, 0.6) is 0 Å². The predicted octanol–water partition coefficient (Wildman–Crippen LogP) is 0.638. The Balaban J connectivity index is 1.93. The minimum atomic E-state index is -3.75. The molecule has 0 saturated carbocycles. The number of sulfonamides is 1. The Morgan fingerprint density at radius 1 is 1.14 bits per heavy atom. The molecule has 1 aliphatic rings. The van der Waals surface area contributed by atoms with Crippen LogP contribution in [0.25, 0.3) is 0 Å². The number of carbonyl (C=O) groups excluding carboxylic acids is 2. The third kappa shape index (κ3) is 5.98. The van der Waals surface area contributed by atoms with Gasteiger partial charge in [-0.15, -0.1) is 0 Å². The summed E-state index contributed by atoms with van der Waals surface area (Å²) in [4.78, 5) is 23.4. The summed E-state index contributed by atoms with van der Waals surface area (Å²) in [6, 6.07) is 4.45. The molecule has 8 nitrogen and oxygen atoms in total. The van der Waals surface area contributed by atoms with Gasteiger partial charge in [-0.2, -0.15) is 4.31 Å².